The van der Waals surface area contributed by atoms with E-state index < -0.39 is 0 Å². The number of aliphatic hydroxyl groups is 1. The summed E-state index contributed by atoms with van der Waals surface area (Å²) in [6.45, 7) is 7.70. The van der Waals surface area contributed by atoms with Crippen molar-refractivity contribution in [2.45, 2.75) is 46.1 Å². The first kappa shape index (κ1) is 15.2. The maximum absolute atomic E-state index is 10.4. The van der Waals surface area contributed by atoms with Gasteiger partial charge in [-0.1, -0.05) is 26.8 Å². The normalized spacial score (nSPS) is 22.4. The number of hydrogen-bond acceptors (Lipinski definition) is 3. The minimum absolute atomic E-state index is 0.380. The van der Waals surface area contributed by atoms with Gasteiger partial charge in [-0.2, -0.15) is 0 Å². The van der Waals surface area contributed by atoms with Gasteiger partial charge < -0.3 is 14.6 Å². The summed E-state index contributed by atoms with van der Waals surface area (Å²) in [5.74, 6) is 2.56. The Balaban J connectivity index is 2.13. The van der Waals surface area contributed by atoms with Gasteiger partial charge in [0.25, 0.3) is 0 Å². The van der Waals surface area contributed by atoms with Gasteiger partial charge in [-0.05, 0) is 48.8 Å². The number of benzene rings is 1. The molecule has 3 unspecified atom stereocenters. The molecule has 1 aliphatic carbocycles. The monoisotopic (exact) mass is 278 g/mol. The molecular weight excluding hydrogens is 252 g/mol. The number of rotatable bonds is 8. The van der Waals surface area contributed by atoms with Gasteiger partial charge >= 0.3 is 0 Å². The van der Waals surface area contributed by atoms with E-state index in [0.29, 0.717) is 25.0 Å². The fourth-order valence-corrected chi connectivity index (χ4v) is 2.40. The van der Waals surface area contributed by atoms with E-state index in [1.54, 1.807) is 0 Å². The van der Waals surface area contributed by atoms with Gasteiger partial charge in [0.15, 0.2) is 11.5 Å². The van der Waals surface area contributed by atoms with Crippen molar-refractivity contribution >= 4 is 0 Å². The average molecular weight is 278 g/mol. The molecule has 20 heavy (non-hydrogen) atoms. The van der Waals surface area contributed by atoms with Crippen LogP contribution < -0.4 is 9.47 Å². The summed E-state index contributed by atoms with van der Waals surface area (Å²) in [5.41, 5.74) is 0.939. The highest BCUT2D eigenvalue weighted by atomic mass is 16.5. The van der Waals surface area contributed by atoms with E-state index in [0.717, 1.165) is 36.3 Å². The molecule has 1 aromatic rings. The molecule has 3 heteroatoms. The molecule has 1 N–H and O–H groups in total. The molecule has 1 saturated carbocycles. The highest BCUT2D eigenvalue weighted by Gasteiger charge is 2.39. The summed E-state index contributed by atoms with van der Waals surface area (Å²) in [6, 6.07) is 5.82. The van der Waals surface area contributed by atoms with E-state index in [9.17, 15) is 5.11 Å². The van der Waals surface area contributed by atoms with Crippen LogP contribution in [0.15, 0.2) is 18.2 Å². The van der Waals surface area contributed by atoms with Crippen LogP contribution in [-0.4, -0.2) is 18.3 Å². The van der Waals surface area contributed by atoms with E-state index in [-0.39, 0.29) is 6.10 Å². The van der Waals surface area contributed by atoms with Gasteiger partial charge in [-0.15, -0.1) is 0 Å². The van der Waals surface area contributed by atoms with Gasteiger partial charge in [0.05, 0.1) is 19.3 Å². The summed E-state index contributed by atoms with van der Waals surface area (Å²) in [6.07, 6.45) is 2.66. The molecule has 2 rings (SSSR count). The first-order valence-corrected chi connectivity index (χ1v) is 7.75. The van der Waals surface area contributed by atoms with Gasteiger partial charge in [0.2, 0.25) is 0 Å². The second kappa shape index (κ2) is 6.98. The third-order valence-electron chi connectivity index (χ3n) is 3.81. The molecule has 1 fully saturated rings. The van der Waals surface area contributed by atoms with Crippen LogP contribution in [0.5, 0.6) is 11.5 Å². The second-order valence-corrected chi connectivity index (χ2v) is 5.72. The van der Waals surface area contributed by atoms with Crippen LogP contribution in [0, 0.1) is 11.8 Å². The number of ether oxygens (including phenoxy) is 2. The minimum atomic E-state index is -0.380. The van der Waals surface area contributed by atoms with Crippen molar-refractivity contribution in [2.24, 2.45) is 11.8 Å². The molecule has 0 aromatic heterocycles. The zero-order chi connectivity index (χ0) is 14.5. The minimum Gasteiger partial charge on any atom is -0.490 e. The molecule has 1 aromatic carbocycles. The van der Waals surface area contributed by atoms with Crippen molar-refractivity contribution in [3.63, 3.8) is 0 Å². The van der Waals surface area contributed by atoms with Crippen molar-refractivity contribution in [1.29, 1.82) is 0 Å². The highest BCUT2D eigenvalue weighted by molar-refractivity contribution is 5.44. The standard InChI is InChI=1S/C17H26O3/c1-4-8-19-15-7-6-13(11-16(15)20-9-5-2)17(18)14-10-12(14)3/h6-7,11-12,14,17-18H,4-5,8-10H2,1-3H3. The molecule has 0 heterocycles. The molecule has 0 aliphatic heterocycles. The molecule has 112 valence electrons. The summed E-state index contributed by atoms with van der Waals surface area (Å²) < 4.78 is 11.5. The lowest BCUT2D eigenvalue weighted by atomic mass is 10.0. The predicted molar refractivity (Wildman–Crippen MR) is 80.2 cm³/mol. The SMILES string of the molecule is CCCOc1ccc(C(O)C2CC2C)cc1OCCC. The van der Waals surface area contributed by atoms with Gasteiger partial charge in [-0.3, -0.25) is 0 Å². The number of aliphatic hydroxyl groups excluding tert-OH is 1. The number of hydrogen-bond donors (Lipinski definition) is 1. The Morgan fingerprint density at radius 1 is 1.15 bits per heavy atom. The van der Waals surface area contributed by atoms with Gasteiger partial charge in [-0.25, -0.2) is 0 Å². The van der Waals surface area contributed by atoms with E-state index in [4.69, 9.17) is 9.47 Å². The highest BCUT2D eigenvalue weighted by Crippen LogP contribution is 2.47. The molecule has 3 nitrogen and oxygen atoms in total. The van der Waals surface area contributed by atoms with Crippen LogP contribution in [0.3, 0.4) is 0 Å². The first-order chi connectivity index (χ1) is 9.67. The largest absolute Gasteiger partial charge is 0.490 e. The molecule has 0 saturated heterocycles. The van der Waals surface area contributed by atoms with E-state index in [1.165, 1.54) is 0 Å². The van der Waals surface area contributed by atoms with Crippen LogP contribution in [-0.2, 0) is 0 Å². The summed E-state index contributed by atoms with van der Waals surface area (Å²) in [7, 11) is 0. The molecule has 1 aliphatic rings. The van der Waals surface area contributed by atoms with Gasteiger partial charge in [0.1, 0.15) is 0 Å². The lowest BCUT2D eigenvalue weighted by Gasteiger charge is -2.16. The van der Waals surface area contributed by atoms with Crippen molar-refractivity contribution < 1.29 is 14.6 Å². The summed E-state index contributed by atoms with van der Waals surface area (Å²) >= 11 is 0. The molecule has 0 spiro atoms. The lowest BCUT2D eigenvalue weighted by Crippen LogP contribution is -2.05. The third kappa shape index (κ3) is 3.66. The van der Waals surface area contributed by atoms with E-state index in [2.05, 4.69) is 20.8 Å². The molecule has 0 radical (unpaired) electrons. The fraction of sp³-hybridized carbons (Fsp3) is 0.647. The first-order valence-electron chi connectivity index (χ1n) is 7.75. The fourth-order valence-electron chi connectivity index (χ4n) is 2.40. The Bertz CT molecular complexity index is 430. The predicted octanol–water partition coefficient (Wildman–Crippen LogP) is 3.95. The molecule has 3 atom stereocenters. The zero-order valence-electron chi connectivity index (χ0n) is 12.8. The lowest BCUT2D eigenvalue weighted by molar-refractivity contribution is 0.147. The van der Waals surface area contributed by atoms with E-state index >= 15 is 0 Å². The van der Waals surface area contributed by atoms with Crippen molar-refractivity contribution in [1.82, 2.24) is 0 Å². The quantitative estimate of drug-likeness (QED) is 0.782. The second-order valence-electron chi connectivity index (χ2n) is 5.72. The Morgan fingerprint density at radius 2 is 1.75 bits per heavy atom. The van der Waals surface area contributed by atoms with Crippen LogP contribution in [0.1, 0.15) is 51.7 Å². The summed E-state index contributed by atoms with van der Waals surface area (Å²) in [5, 5.41) is 10.4. The zero-order valence-corrected chi connectivity index (χ0v) is 12.8. The van der Waals surface area contributed by atoms with E-state index in [1.807, 2.05) is 18.2 Å². The average Bonchev–Trinajstić information content (AvgIpc) is 3.19. The Kier molecular flexibility index (Phi) is 5.30. The maximum atomic E-state index is 10.4. The van der Waals surface area contributed by atoms with Gasteiger partial charge in [0, 0.05) is 0 Å². The van der Waals surface area contributed by atoms with Crippen molar-refractivity contribution in [3.8, 4) is 11.5 Å². The van der Waals surface area contributed by atoms with Crippen molar-refractivity contribution in [3.05, 3.63) is 23.8 Å². The van der Waals surface area contributed by atoms with Crippen LogP contribution in [0.4, 0.5) is 0 Å². The smallest absolute Gasteiger partial charge is 0.161 e. The summed E-state index contributed by atoms with van der Waals surface area (Å²) in [4.78, 5) is 0. The van der Waals surface area contributed by atoms with Crippen LogP contribution in [0.2, 0.25) is 0 Å². The Labute approximate surface area is 121 Å². The Morgan fingerprint density at radius 3 is 2.30 bits per heavy atom. The third-order valence-corrected chi connectivity index (χ3v) is 3.81. The molecule has 0 bridgehead atoms. The van der Waals surface area contributed by atoms with Crippen molar-refractivity contribution in [2.75, 3.05) is 13.2 Å². The van der Waals surface area contributed by atoms with Crippen LogP contribution in [0.25, 0.3) is 0 Å². The topological polar surface area (TPSA) is 38.7 Å². The van der Waals surface area contributed by atoms with Crippen LogP contribution >= 0.6 is 0 Å². The Hall–Kier alpha value is -1.22. The maximum Gasteiger partial charge on any atom is 0.161 e. The molecular formula is C17H26O3. The molecule has 0 amide bonds.